The molecular weight excluding hydrogens is 394 g/mol. The molecule has 0 atom stereocenters. The highest BCUT2D eigenvalue weighted by Gasteiger charge is 2.24. The van der Waals surface area contributed by atoms with Crippen LogP contribution in [-0.2, 0) is 6.54 Å². The first-order valence-electron chi connectivity index (χ1n) is 10.5. The lowest BCUT2D eigenvalue weighted by molar-refractivity contribution is 0.0945. The second kappa shape index (κ2) is 7.54. The predicted molar refractivity (Wildman–Crippen MR) is 115 cm³/mol. The predicted octanol–water partition coefficient (Wildman–Crippen LogP) is 3.08. The number of nitrogens with zero attached hydrogens (tertiary/aromatic N) is 3. The number of aromatic nitrogens is 3. The highest BCUT2D eigenvalue weighted by Crippen LogP contribution is 2.30. The molecule has 31 heavy (non-hydrogen) atoms. The lowest BCUT2D eigenvalue weighted by Gasteiger charge is -2.19. The summed E-state index contributed by atoms with van der Waals surface area (Å²) in [6.45, 7) is 2.12. The molecule has 2 N–H and O–H groups in total. The molecule has 0 aliphatic heterocycles. The van der Waals surface area contributed by atoms with Gasteiger partial charge in [0.15, 0.2) is 0 Å². The summed E-state index contributed by atoms with van der Waals surface area (Å²) in [6, 6.07) is 8.79. The molecule has 1 aliphatic rings. The topological polar surface area (TPSA) is 105 Å². The van der Waals surface area contributed by atoms with Crippen LogP contribution in [0.3, 0.4) is 0 Å². The minimum Gasteiger partial charge on any atom is -0.467 e. The smallest absolute Gasteiger partial charge is 0.267 e. The van der Waals surface area contributed by atoms with Crippen LogP contribution in [0, 0.1) is 12.3 Å². The van der Waals surface area contributed by atoms with Gasteiger partial charge >= 0.3 is 0 Å². The molecule has 4 aromatic heterocycles. The number of hydrogen-bond donors (Lipinski definition) is 2. The van der Waals surface area contributed by atoms with Crippen molar-refractivity contribution in [3.8, 4) is 0 Å². The Morgan fingerprint density at radius 2 is 2.10 bits per heavy atom. The summed E-state index contributed by atoms with van der Waals surface area (Å²) >= 11 is 0. The van der Waals surface area contributed by atoms with Gasteiger partial charge in [0.1, 0.15) is 22.5 Å². The number of pyridine rings is 2. The molecule has 4 aromatic rings. The Balaban J connectivity index is 1.72. The van der Waals surface area contributed by atoms with Crippen molar-refractivity contribution in [3.05, 3.63) is 75.5 Å². The van der Waals surface area contributed by atoms with E-state index in [1.165, 1.54) is 10.5 Å². The summed E-state index contributed by atoms with van der Waals surface area (Å²) < 4.78 is 8.56. The zero-order valence-electron chi connectivity index (χ0n) is 17.2. The zero-order valence-corrected chi connectivity index (χ0v) is 17.2. The van der Waals surface area contributed by atoms with Crippen LogP contribution < -0.4 is 16.4 Å². The molecule has 0 spiro atoms. The standard InChI is InChI=1S/C23H23N5O3/c1-14-8-9-19-26-21-18(23(30)27(19)13-14)11-17(20(24)28(21)15-5-2-3-6-15)22(29)25-12-16-7-4-10-31-16/h4,7-11,13,15,24H,2-3,5-6,12H2,1H3,(H,25,29). The fourth-order valence-electron chi connectivity index (χ4n) is 4.37. The van der Waals surface area contributed by atoms with E-state index in [1.807, 2.05) is 19.1 Å². The van der Waals surface area contributed by atoms with Gasteiger partial charge in [-0.3, -0.25) is 19.4 Å². The highest BCUT2D eigenvalue weighted by atomic mass is 16.3. The van der Waals surface area contributed by atoms with E-state index in [4.69, 9.17) is 14.8 Å². The molecule has 1 saturated carbocycles. The van der Waals surface area contributed by atoms with Crippen molar-refractivity contribution in [1.29, 1.82) is 5.41 Å². The van der Waals surface area contributed by atoms with Gasteiger partial charge in [0.25, 0.3) is 11.5 Å². The molecule has 0 unspecified atom stereocenters. The Morgan fingerprint density at radius 1 is 1.29 bits per heavy atom. The monoisotopic (exact) mass is 417 g/mol. The molecule has 1 amide bonds. The van der Waals surface area contributed by atoms with E-state index >= 15 is 0 Å². The summed E-state index contributed by atoms with van der Waals surface area (Å²) in [5.74, 6) is 0.205. The molecule has 4 heterocycles. The van der Waals surface area contributed by atoms with Gasteiger partial charge in [-0.15, -0.1) is 0 Å². The summed E-state index contributed by atoms with van der Waals surface area (Å²) in [5, 5.41) is 12.0. The molecule has 0 radical (unpaired) electrons. The van der Waals surface area contributed by atoms with E-state index in [2.05, 4.69) is 5.32 Å². The van der Waals surface area contributed by atoms with Gasteiger partial charge in [-0.2, -0.15) is 0 Å². The molecule has 0 aromatic carbocycles. The Labute approximate surface area is 177 Å². The van der Waals surface area contributed by atoms with Gasteiger partial charge in [-0.25, -0.2) is 4.98 Å². The number of carbonyl (C=O) groups excluding carboxylic acids is 1. The molecule has 8 heteroatoms. The van der Waals surface area contributed by atoms with Crippen LogP contribution in [0.25, 0.3) is 16.7 Å². The first kappa shape index (κ1) is 19.3. The Morgan fingerprint density at radius 3 is 2.84 bits per heavy atom. The third kappa shape index (κ3) is 3.34. The Hall–Kier alpha value is -3.68. The second-order valence-corrected chi connectivity index (χ2v) is 8.07. The normalized spacial score (nSPS) is 14.5. The number of amides is 1. The van der Waals surface area contributed by atoms with Crippen LogP contribution in [0.15, 0.2) is 52.0 Å². The zero-order chi connectivity index (χ0) is 21.5. The largest absolute Gasteiger partial charge is 0.467 e. The van der Waals surface area contributed by atoms with Crippen molar-refractivity contribution in [2.75, 3.05) is 0 Å². The lowest BCUT2D eigenvalue weighted by atomic mass is 10.1. The van der Waals surface area contributed by atoms with Crippen molar-refractivity contribution in [2.45, 2.75) is 45.2 Å². The van der Waals surface area contributed by atoms with E-state index in [1.54, 1.807) is 29.2 Å². The SMILES string of the molecule is Cc1ccc2nc3c(cc(C(=O)NCc4ccco4)c(=N)n3C3CCCC3)c(=O)n2c1. The van der Waals surface area contributed by atoms with Crippen LogP contribution in [0.2, 0.25) is 0 Å². The average molecular weight is 417 g/mol. The van der Waals surface area contributed by atoms with Crippen molar-refractivity contribution in [2.24, 2.45) is 0 Å². The van der Waals surface area contributed by atoms with Gasteiger partial charge in [-0.1, -0.05) is 18.9 Å². The van der Waals surface area contributed by atoms with Gasteiger partial charge < -0.3 is 14.3 Å². The van der Waals surface area contributed by atoms with Crippen LogP contribution in [0.1, 0.15) is 53.4 Å². The third-order valence-corrected chi connectivity index (χ3v) is 5.94. The van der Waals surface area contributed by atoms with Crippen LogP contribution in [-0.4, -0.2) is 19.9 Å². The van der Waals surface area contributed by atoms with Crippen molar-refractivity contribution < 1.29 is 9.21 Å². The summed E-state index contributed by atoms with van der Waals surface area (Å²) in [4.78, 5) is 31.1. The molecule has 8 nitrogen and oxygen atoms in total. The fourth-order valence-corrected chi connectivity index (χ4v) is 4.37. The number of nitrogens with one attached hydrogen (secondary N) is 2. The number of carbonyl (C=O) groups is 1. The number of aryl methyl sites for hydroxylation is 1. The number of rotatable bonds is 4. The summed E-state index contributed by atoms with van der Waals surface area (Å²) in [6.07, 6.45) is 7.20. The van der Waals surface area contributed by atoms with E-state index in [0.29, 0.717) is 22.4 Å². The van der Waals surface area contributed by atoms with Crippen molar-refractivity contribution >= 4 is 22.6 Å². The molecule has 0 saturated heterocycles. The maximum atomic E-state index is 13.3. The number of hydrogen-bond acceptors (Lipinski definition) is 5. The minimum atomic E-state index is -0.413. The molecule has 1 fully saturated rings. The van der Waals surface area contributed by atoms with E-state index in [-0.39, 0.29) is 29.2 Å². The lowest BCUT2D eigenvalue weighted by Crippen LogP contribution is -2.36. The molecule has 0 bridgehead atoms. The third-order valence-electron chi connectivity index (χ3n) is 5.94. The highest BCUT2D eigenvalue weighted by molar-refractivity contribution is 5.96. The minimum absolute atomic E-state index is 0.0487. The molecule has 1 aliphatic carbocycles. The van der Waals surface area contributed by atoms with Crippen LogP contribution in [0.4, 0.5) is 0 Å². The van der Waals surface area contributed by atoms with E-state index in [9.17, 15) is 9.59 Å². The average Bonchev–Trinajstić information content (AvgIpc) is 3.47. The van der Waals surface area contributed by atoms with E-state index < -0.39 is 5.91 Å². The molecular formula is C23H23N5O3. The fraction of sp³-hybridized carbons (Fsp3) is 0.304. The maximum Gasteiger partial charge on any atom is 0.267 e. The first-order chi connectivity index (χ1) is 15.0. The second-order valence-electron chi connectivity index (χ2n) is 8.07. The van der Waals surface area contributed by atoms with Gasteiger partial charge in [0.2, 0.25) is 0 Å². The van der Waals surface area contributed by atoms with Crippen LogP contribution >= 0.6 is 0 Å². The number of furan rings is 1. The van der Waals surface area contributed by atoms with Gasteiger partial charge in [0, 0.05) is 12.2 Å². The van der Waals surface area contributed by atoms with E-state index in [0.717, 1.165) is 31.2 Å². The van der Waals surface area contributed by atoms with Crippen LogP contribution in [0.5, 0.6) is 0 Å². The quantitative estimate of drug-likeness (QED) is 0.498. The Bertz CT molecular complexity index is 1410. The van der Waals surface area contributed by atoms with Crippen molar-refractivity contribution in [1.82, 2.24) is 19.3 Å². The molecule has 158 valence electrons. The first-order valence-corrected chi connectivity index (χ1v) is 10.5. The summed E-state index contributed by atoms with van der Waals surface area (Å²) in [7, 11) is 0. The number of fused-ring (bicyclic) bond motifs is 2. The van der Waals surface area contributed by atoms with Gasteiger partial charge in [-0.05, 0) is 49.6 Å². The maximum absolute atomic E-state index is 13.3. The summed E-state index contributed by atoms with van der Waals surface area (Å²) in [5.41, 5.74) is 1.94. The Kier molecular flexibility index (Phi) is 4.69. The van der Waals surface area contributed by atoms with Crippen molar-refractivity contribution in [3.63, 3.8) is 0 Å². The molecule has 5 rings (SSSR count). The van der Waals surface area contributed by atoms with Gasteiger partial charge in [0.05, 0.1) is 23.8 Å².